The Bertz CT molecular complexity index is 1400. The predicted octanol–water partition coefficient (Wildman–Crippen LogP) is 2.40. The van der Waals surface area contributed by atoms with Gasteiger partial charge in [-0.25, -0.2) is 14.5 Å². The van der Waals surface area contributed by atoms with Gasteiger partial charge < -0.3 is 18.9 Å². The molecule has 0 spiro atoms. The van der Waals surface area contributed by atoms with Crippen molar-refractivity contribution in [3.63, 3.8) is 0 Å². The summed E-state index contributed by atoms with van der Waals surface area (Å²) in [6, 6.07) is 7.90. The molecule has 4 aromatic rings. The number of esters is 1. The molecule has 0 amide bonds. The van der Waals surface area contributed by atoms with Crippen molar-refractivity contribution in [2.45, 2.75) is 32.7 Å². The highest BCUT2D eigenvalue weighted by molar-refractivity contribution is 5.88. The summed E-state index contributed by atoms with van der Waals surface area (Å²) in [7, 11) is 0. The molecule has 1 aliphatic rings. The van der Waals surface area contributed by atoms with Crippen LogP contribution in [0.15, 0.2) is 47.8 Å². The summed E-state index contributed by atoms with van der Waals surface area (Å²) >= 11 is 0. The minimum absolute atomic E-state index is 0.180. The fraction of sp³-hybridized carbons (Fsp3) is 0.400. The molecule has 0 aliphatic carbocycles. The van der Waals surface area contributed by atoms with Crippen molar-refractivity contribution < 1.29 is 14.3 Å². The lowest BCUT2D eigenvalue weighted by molar-refractivity contribution is 0.0526. The first kappa shape index (κ1) is 23.7. The summed E-state index contributed by atoms with van der Waals surface area (Å²) in [5.41, 5.74) is 1.52. The fourth-order valence-corrected chi connectivity index (χ4v) is 4.34. The van der Waals surface area contributed by atoms with E-state index in [1.807, 2.05) is 24.3 Å². The molecule has 11 nitrogen and oxygen atoms in total. The second-order valence-electron chi connectivity index (χ2n) is 8.73. The Labute approximate surface area is 207 Å². The monoisotopic (exact) mass is 491 g/mol. The zero-order valence-corrected chi connectivity index (χ0v) is 20.2. The Morgan fingerprint density at radius 2 is 2.08 bits per heavy atom. The third-order valence-corrected chi connectivity index (χ3v) is 6.11. The number of carbonyl (C=O) groups excluding carboxylic acids is 1. The molecular formula is C25H29N7O4. The average Bonchev–Trinajstić information content (AvgIpc) is 3.64. The SMILES string of the molecule is CCOC(=O)c1cnn(-c2nc3c(ncn3Cc3cccc(OCCCN4CCCC4)c3)c(=O)[nH]2)c1. The number of benzene rings is 1. The fourth-order valence-electron chi connectivity index (χ4n) is 4.34. The van der Waals surface area contributed by atoms with E-state index in [0.717, 1.165) is 24.3 Å². The third-order valence-electron chi connectivity index (χ3n) is 6.11. The lowest BCUT2D eigenvalue weighted by atomic mass is 10.2. The number of fused-ring (bicyclic) bond motifs is 1. The minimum atomic E-state index is -0.490. The lowest BCUT2D eigenvalue weighted by Gasteiger charge is -2.14. The van der Waals surface area contributed by atoms with Gasteiger partial charge in [-0.1, -0.05) is 12.1 Å². The highest BCUT2D eigenvalue weighted by Crippen LogP contribution is 2.17. The van der Waals surface area contributed by atoms with Crippen molar-refractivity contribution in [1.29, 1.82) is 0 Å². The largest absolute Gasteiger partial charge is 0.494 e. The van der Waals surface area contributed by atoms with Crippen LogP contribution in [0.1, 0.15) is 42.1 Å². The first-order valence-corrected chi connectivity index (χ1v) is 12.2. The molecule has 3 aromatic heterocycles. The maximum Gasteiger partial charge on any atom is 0.341 e. The molecule has 1 saturated heterocycles. The van der Waals surface area contributed by atoms with E-state index in [9.17, 15) is 9.59 Å². The van der Waals surface area contributed by atoms with E-state index >= 15 is 0 Å². The van der Waals surface area contributed by atoms with Crippen LogP contribution < -0.4 is 10.3 Å². The van der Waals surface area contributed by atoms with Gasteiger partial charge in [-0.15, -0.1) is 0 Å². The maximum atomic E-state index is 12.7. The standard InChI is InChI=1S/C25H29N7O4/c1-2-35-24(34)19-14-27-32(16-19)25-28-22-21(23(33)29-25)26-17-31(22)15-18-7-5-8-20(13-18)36-12-6-11-30-9-3-4-10-30/h5,7-8,13-14,16-17H,2-4,6,9-12,15H2,1H3,(H,28,29,33). The molecular weight excluding hydrogens is 462 g/mol. The van der Waals surface area contributed by atoms with Crippen molar-refractivity contribution in [3.05, 3.63) is 64.5 Å². The van der Waals surface area contributed by atoms with E-state index in [4.69, 9.17) is 9.47 Å². The number of nitrogens with one attached hydrogen (secondary N) is 1. The van der Waals surface area contributed by atoms with Gasteiger partial charge in [-0.2, -0.15) is 10.1 Å². The zero-order chi connectivity index (χ0) is 24.9. The van der Waals surface area contributed by atoms with Gasteiger partial charge in [0, 0.05) is 12.7 Å². The van der Waals surface area contributed by atoms with Gasteiger partial charge in [-0.05, 0) is 57.0 Å². The lowest BCUT2D eigenvalue weighted by Crippen LogP contribution is -2.21. The Hall–Kier alpha value is -3.99. The van der Waals surface area contributed by atoms with Crippen LogP contribution in [0.25, 0.3) is 17.1 Å². The third kappa shape index (κ3) is 5.30. The van der Waals surface area contributed by atoms with Crippen LogP contribution in [0.3, 0.4) is 0 Å². The molecule has 0 unspecified atom stereocenters. The maximum absolute atomic E-state index is 12.7. The molecule has 1 N–H and O–H groups in total. The van der Waals surface area contributed by atoms with Crippen molar-refractivity contribution >= 4 is 17.1 Å². The van der Waals surface area contributed by atoms with E-state index in [-0.39, 0.29) is 23.6 Å². The number of imidazole rings is 1. The number of rotatable bonds is 10. The molecule has 5 rings (SSSR count). The summed E-state index contributed by atoms with van der Waals surface area (Å²) in [6.07, 6.45) is 8.02. The Morgan fingerprint density at radius 1 is 1.22 bits per heavy atom. The van der Waals surface area contributed by atoms with Gasteiger partial charge >= 0.3 is 5.97 Å². The van der Waals surface area contributed by atoms with Crippen molar-refractivity contribution in [2.75, 3.05) is 32.8 Å². The number of aromatic nitrogens is 6. The first-order chi connectivity index (χ1) is 17.6. The molecule has 0 saturated carbocycles. The molecule has 0 bridgehead atoms. The minimum Gasteiger partial charge on any atom is -0.494 e. The van der Waals surface area contributed by atoms with Crippen LogP contribution in [0.5, 0.6) is 5.75 Å². The smallest absolute Gasteiger partial charge is 0.341 e. The normalized spacial score (nSPS) is 13.9. The van der Waals surface area contributed by atoms with Gasteiger partial charge in [0.15, 0.2) is 11.2 Å². The number of carbonyl (C=O) groups is 1. The highest BCUT2D eigenvalue weighted by atomic mass is 16.5. The van der Waals surface area contributed by atoms with Gasteiger partial charge in [0.05, 0.1) is 37.8 Å². The Morgan fingerprint density at radius 3 is 2.92 bits per heavy atom. The van der Waals surface area contributed by atoms with Gasteiger partial charge in [-0.3, -0.25) is 9.78 Å². The number of hydrogen-bond acceptors (Lipinski definition) is 8. The molecule has 36 heavy (non-hydrogen) atoms. The average molecular weight is 492 g/mol. The van der Waals surface area contributed by atoms with Crippen LogP contribution in [0.4, 0.5) is 0 Å². The van der Waals surface area contributed by atoms with Gasteiger partial charge in [0.25, 0.3) is 5.56 Å². The molecule has 11 heteroatoms. The molecule has 4 heterocycles. The summed E-state index contributed by atoms with van der Waals surface area (Å²) in [5, 5.41) is 4.14. The highest BCUT2D eigenvalue weighted by Gasteiger charge is 2.15. The Balaban J connectivity index is 1.30. The molecule has 1 aromatic carbocycles. The van der Waals surface area contributed by atoms with E-state index in [1.165, 1.54) is 43.0 Å². The molecule has 188 valence electrons. The van der Waals surface area contributed by atoms with E-state index in [1.54, 1.807) is 17.8 Å². The Kier molecular flexibility index (Phi) is 7.08. The van der Waals surface area contributed by atoms with Crippen molar-refractivity contribution in [2.24, 2.45) is 0 Å². The molecule has 0 radical (unpaired) electrons. The van der Waals surface area contributed by atoms with Gasteiger partial charge in [0.1, 0.15) is 5.75 Å². The molecule has 0 atom stereocenters. The first-order valence-electron chi connectivity index (χ1n) is 12.2. The zero-order valence-electron chi connectivity index (χ0n) is 20.2. The number of ether oxygens (including phenoxy) is 2. The van der Waals surface area contributed by atoms with E-state index in [0.29, 0.717) is 18.8 Å². The number of nitrogens with zero attached hydrogens (tertiary/aromatic N) is 6. The van der Waals surface area contributed by atoms with Crippen molar-refractivity contribution in [1.82, 2.24) is 34.2 Å². The van der Waals surface area contributed by atoms with Gasteiger partial charge in [0.2, 0.25) is 5.95 Å². The molecule has 1 aliphatic heterocycles. The van der Waals surface area contributed by atoms with Crippen molar-refractivity contribution in [3.8, 4) is 11.7 Å². The van der Waals surface area contributed by atoms with Crippen LogP contribution in [-0.4, -0.2) is 73.0 Å². The number of likely N-dealkylation sites (tertiary alicyclic amines) is 1. The molecule has 1 fully saturated rings. The van der Waals surface area contributed by atoms with Crippen LogP contribution >= 0.6 is 0 Å². The summed E-state index contributed by atoms with van der Waals surface area (Å²) in [4.78, 5) is 38.6. The second-order valence-corrected chi connectivity index (χ2v) is 8.73. The number of H-pyrrole nitrogens is 1. The number of hydrogen-bond donors (Lipinski definition) is 1. The summed E-state index contributed by atoms with van der Waals surface area (Å²) in [5.74, 6) is 0.503. The van der Waals surface area contributed by atoms with Crippen LogP contribution in [-0.2, 0) is 11.3 Å². The predicted molar refractivity (Wildman–Crippen MR) is 133 cm³/mol. The van der Waals surface area contributed by atoms with Crippen LogP contribution in [0.2, 0.25) is 0 Å². The van der Waals surface area contributed by atoms with E-state index < -0.39 is 11.5 Å². The second kappa shape index (κ2) is 10.7. The topological polar surface area (TPSA) is 120 Å². The summed E-state index contributed by atoms with van der Waals surface area (Å²) < 4.78 is 14.1. The summed E-state index contributed by atoms with van der Waals surface area (Å²) in [6.45, 7) is 6.58. The number of aromatic amines is 1. The van der Waals surface area contributed by atoms with Crippen LogP contribution in [0, 0.1) is 0 Å². The quantitative estimate of drug-likeness (QED) is 0.265. The van der Waals surface area contributed by atoms with E-state index in [2.05, 4.69) is 25.0 Å².